The molecule has 1 aliphatic rings. The van der Waals surface area contributed by atoms with Crippen molar-refractivity contribution in [2.45, 2.75) is 57.3 Å². The van der Waals surface area contributed by atoms with Crippen molar-refractivity contribution in [3.8, 4) is 0 Å². The van der Waals surface area contributed by atoms with Crippen molar-refractivity contribution in [3.63, 3.8) is 0 Å². The fourth-order valence-electron chi connectivity index (χ4n) is 4.13. The van der Waals surface area contributed by atoms with Gasteiger partial charge in [0, 0.05) is 41.3 Å². The van der Waals surface area contributed by atoms with Gasteiger partial charge in [0.15, 0.2) is 0 Å². The van der Waals surface area contributed by atoms with Crippen LogP contribution in [0.4, 0.5) is 16.6 Å². The van der Waals surface area contributed by atoms with Gasteiger partial charge in [-0.25, -0.2) is 4.98 Å². The highest BCUT2D eigenvalue weighted by Gasteiger charge is 2.24. The van der Waals surface area contributed by atoms with E-state index in [1.807, 2.05) is 25.4 Å². The summed E-state index contributed by atoms with van der Waals surface area (Å²) in [6.45, 7) is 9.69. The van der Waals surface area contributed by atoms with E-state index in [4.69, 9.17) is 14.5 Å². The maximum atomic E-state index is 6.16. The number of rotatable bonds is 12. The number of ether oxygens (including phenoxy) is 2. The number of aromatic nitrogens is 4. The lowest BCUT2D eigenvalue weighted by atomic mass is 10.1. The van der Waals surface area contributed by atoms with Gasteiger partial charge in [-0.3, -0.25) is 9.88 Å². The highest BCUT2D eigenvalue weighted by Crippen LogP contribution is 2.38. The minimum absolute atomic E-state index is 0.406. The van der Waals surface area contributed by atoms with Gasteiger partial charge in [-0.2, -0.15) is 0 Å². The van der Waals surface area contributed by atoms with Crippen LogP contribution >= 0.6 is 11.3 Å². The van der Waals surface area contributed by atoms with Crippen molar-refractivity contribution in [2.75, 3.05) is 50.4 Å². The van der Waals surface area contributed by atoms with E-state index in [2.05, 4.69) is 50.7 Å². The minimum Gasteiger partial charge on any atom is -0.383 e. The summed E-state index contributed by atoms with van der Waals surface area (Å²) >= 11 is 1.67. The molecule has 0 saturated heterocycles. The summed E-state index contributed by atoms with van der Waals surface area (Å²) in [5, 5.41) is 11.1. The minimum atomic E-state index is -1.17. The molecule has 190 valence electrons. The maximum Gasteiger partial charge on any atom is 0.215 e. The molecule has 3 aromatic heterocycles. The second-order valence-corrected chi connectivity index (χ2v) is 17.1. The van der Waals surface area contributed by atoms with Crippen molar-refractivity contribution in [2.24, 2.45) is 0 Å². The number of fused-ring (bicyclic) bond motifs is 1. The zero-order valence-electron chi connectivity index (χ0n) is 21.7. The number of anilines is 3. The molecule has 0 atom stereocenters. The lowest BCUT2D eigenvalue weighted by Crippen LogP contribution is -2.26. The Bertz CT molecular complexity index is 1100. The molecule has 8 nitrogen and oxygen atoms in total. The molecule has 0 aliphatic heterocycles. The second-order valence-electron chi connectivity index (χ2n) is 10.5. The third-order valence-electron chi connectivity index (χ3n) is 6.44. The van der Waals surface area contributed by atoms with E-state index in [0.29, 0.717) is 19.3 Å². The Labute approximate surface area is 213 Å². The molecular formula is C25H38N6O2SSi. The topological polar surface area (TPSA) is 76.5 Å². The van der Waals surface area contributed by atoms with Crippen molar-refractivity contribution < 1.29 is 9.47 Å². The SMILES string of the molecule is COCCN(C)c1cnc2ccc(N(COCC[Si](C)(C)C)c3nnc(C4CCCC4)s3)nc2c1. The number of pyridine rings is 2. The Kier molecular flexibility index (Phi) is 8.69. The van der Waals surface area contributed by atoms with Gasteiger partial charge in [-0.1, -0.05) is 43.8 Å². The van der Waals surface area contributed by atoms with Crippen molar-refractivity contribution in [1.82, 2.24) is 20.2 Å². The zero-order chi connectivity index (χ0) is 24.8. The van der Waals surface area contributed by atoms with Gasteiger partial charge in [0.2, 0.25) is 5.13 Å². The summed E-state index contributed by atoms with van der Waals surface area (Å²) in [4.78, 5) is 13.8. The fourth-order valence-corrected chi connectivity index (χ4v) is 5.89. The molecule has 0 N–H and O–H groups in total. The molecular weight excluding hydrogens is 476 g/mol. The molecule has 4 rings (SSSR count). The molecule has 3 heterocycles. The van der Waals surface area contributed by atoms with E-state index in [0.717, 1.165) is 51.9 Å². The quantitative estimate of drug-likeness (QED) is 0.174. The first-order valence-corrected chi connectivity index (χ1v) is 17.0. The normalized spacial score (nSPS) is 14.7. The van der Waals surface area contributed by atoms with Gasteiger partial charge in [0.05, 0.1) is 29.5 Å². The average molecular weight is 515 g/mol. The highest BCUT2D eigenvalue weighted by atomic mass is 32.1. The first-order chi connectivity index (χ1) is 16.8. The predicted molar refractivity (Wildman–Crippen MR) is 147 cm³/mol. The molecule has 0 radical (unpaired) electrons. The van der Waals surface area contributed by atoms with Gasteiger partial charge in [-0.15, -0.1) is 10.2 Å². The first kappa shape index (κ1) is 25.9. The van der Waals surface area contributed by atoms with Gasteiger partial charge < -0.3 is 14.4 Å². The van der Waals surface area contributed by atoms with E-state index < -0.39 is 8.07 Å². The number of hydrogen-bond donors (Lipinski definition) is 0. The number of hydrogen-bond acceptors (Lipinski definition) is 9. The van der Waals surface area contributed by atoms with Crippen LogP contribution in [0.25, 0.3) is 11.0 Å². The van der Waals surface area contributed by atoms with Crippen molar-refractivity contribution >= 4 is 47.1 Å². The zero-order valence-corrected chi connectivity index (χ0v) is 23.5. The van der Waals surface area contributed by atoms with Crippen LogP contribution in [0.1, 0.15) is 36.6 Å². The predicted octanol–water partition coefficient (Wildman–Crippen LogP) is 5.67. The van der Waals surface area contributed by atoms with Crippen LogP contribution in [-0.4, -0.2) is 68.9 Å². The van der Waals surface area contributed by atoms with Crippen molar-refractivity contribution in [1.29, 1.82) is 0 Å². The van der Waals surface area contributed by atoms with Crippen LogP contribution in [0, 0.1) is 0 Å². The Morgan fingerprint density at radius 1 is 1.09 bits per heavy atom. The summed E-state index contributed by atoms with van der Waals surface area (Å²) < 4.78 is 11.4. The summed E-state index contributed by atoms with van der Waals surface area (Å²) in [6, 6.07) is 7.22. The Balaban J connectivity index is 1.60. The largest absolute Gasteiger partial charge is 0.383 e. The molecule has 0 bridgehead atoms. The van der Waals surface area contributed by atoms with Crippen LogP contribution in [0.15, 0.2) is 24.4 Å². The molecule has 1 aliphatic carbocycles. The maximum absolute atomic E-state index is 6.16. The lowest BCUT2D eigenvalue weighted by Gasteiger charge is -2.22. The average Bonchev–Trinajstić information content (AvgIpc) is 3.53. The summed E-state index contributed by atoms with van der Waals surface area (Å²) in [5.74, 6) is 1.34. The standard InChI is InChI=1S/C25H38N6O2SSi/c1-30(12-13-32-2)20-16-22-21(26-17-20)10-11-23(27-22)31(18-33-14-15-35(3,4)5)25-29-28-24(34-25)19-8-6-7-9-19/h10-11,16-17,19H,6-9,12-15,18H2,1-5H3. The van der Waals surface area contributed by atoms with Gasteiger partial charge >= 0.3 is 0 Å². The van der Waals surface area contributed by atoms with E-state index >= 15 is 0 Å². The molecule has 0 aromatic carbocycles. The van der Waals surface area contributed by atoms with Crippen LogP contribution < -0.4 is 9.80 Å². The third kappa shape index (κ3) is 6.96. The number of nitrogens with zero attached hydrogens (tertiary/aromatic N) is 6. The smallest absolute Gasteiger partial charge is 0.215 e. The number of methoxy groups -OCH3 is 1. The summed E-state index contributed by atoms with van der Waals surface area (Å²) in [6.07, 6.45) is 6.86. The van der Waals surface area contributed by atoms with Gasteiger partial charge in [0.1, 0.15) is 17.6 Å². The monoisotopic (exact) mass is 514 g/mol. The van der Waals surface area contributed by atoms with Gasteiger partial charge in [-0.05, 0) is 37.1 Å². The first-order valence-electron chi connectivity index (χ1n) is 12.5. The van der Waals surface area contributed by atoms with Crippen LogP contribution in [-0.2, 0) is 9.47 Å². The summed E-state index contributed by atoms with van der Waals surface area (Å²) in [7, 11) is 2.58. The molecule has 3 aromatic rings. The molecule has 1 saturated carbocycles. The molecule has 0 spiro atoms. The van der Waals surface area contributed by atoms with Crippen LogP contribution in [0.2, 0.25) is 25.7 Å². The third-order valence-corrected chi connectivity index (χ3v) is 9.25. The molecule has 10 heteroatoms. The number of likely N-dealkylation sites (N-methyl/N-ethyl adjacent to an activating group) is 1. The molecule has 0 unspecified atom stereocenters. The summed E-state index contributed by atoms with van der Waals surface area (Å²) in [5.41, 5.74) is 2.72. The molecule has 0 amide bonds. The van der Waals surface area contributed by atoms with E-state index in [1.54, 1.807) is 18.4 Å². The Morgan fingerprint density at radius 3 is 2.63 bits per heavy atom. The van der Waals surface area contributed by atoms with E-state index in [1.165, 1.54) is 25.7 Å². The molecule has 35 heavy (non-hydrogen) atoms. The highest BCUT2D eigenvalue weighted by molar-refractivity contribution is 7.15. The fraction of sp³-hybridized carbons (Fsp3) is 0.600. The lowest BCUT2D eigenvalue weighted by molar-refractivity contribution is 0.153. The van der Waals surface area contributed by atoms with Gasteiger partial charge in [0.25, 0.3) is 0 Å². The van der Waals surface area contributed by atoms with E-state index in [-0.39, 0.29) is 0 Å². The Morgan fingerprint density at radius 2 is 1.89 bits per heavy atom. The molecule has 1 fully saturated rings. The van der Waals surface area contributed by atoms with Crippen LogP contribution in [0.5, 0.6) is 0 Å². The Hall–Kier alpha value is -2.14. The van der Waals surface area contributed by atoms with Crippen molar-refractivity contribution in [3.05, 3.63) is 29.4 Å². The van der Waals surface area contributed by atoms with E-state index in [9.17, 15) is 0 Å². The van der Waals surface area contributed by atoms with Crippen LogP contribution in [0.3, 0.4) is 0 Å². The second kappa shape index (κ2) is 11.7.